The topological polar surface area (TPSA) is 137 Å². The fourth-order valence-corrected chi connectivity index (χ4v) is 3.34. The molecule has 0 saturated carbocycles. The van der Waals surface area contributed by atoms with E-state index in [9.17, 15) is 37.6 Å². The summed E-state index contributed by atoms with van der Waals surface area (Å²) in [5, 5.41) is 25.8. The standard InChI is InChI=1S/C24H29BF3N3O6/c1-15(2)21(25(35)36)31-20(32)13-29-22(33)19(12-17-9-6-10-18(11-17)24(26,27)28)30-23(34)37-14-16-7-4-3-5-8-16/h3-11,15,19,21,35-36H,12-14H2,1-2H3,(H,29,33)(H,30,34)(H,31,32)/t19-,21?/m0/s1. The molecule has 200 valence electrons. The first-order valence-corrected chi connectivity index (χ1v) is 11.4. The van der Waals surface area contributed by atoms with E-state index in [0.717, 1.165) is 12.1 Å². The Bertz CT molecular complexity index is 1050. The lowest BCUT2D eigenvalue weighted by Gasteiger charge is -2.22. The average Bonchev–Trinajstić information content (AvgIpc) is 2.84. The third-order valence-corrected chi connectivity index (χ3v) is 5.31. The molecule has 0 aliphatic rings. The number of amides is 3. The molecular weight excluding hydrogens is 494 g/mol. The Morgan fingerprint density at radius 3 is 2.22 bits per heavy atom. The zero-order chi connectivity index (χ0) is 27.6. The second kappa shape index (κ2) is 13.7. The van der Waals surface area contributed by atoms with Gasteiger partial charge in [0.2, 0.25) is 11.8 Å². The van der Waals surface area contributed by atoms with Crippen molar-refractivity contribution in [3.8, 4) is 0 Å². The number of alkyl halides is 3. The summed E-state index contributed by atoms with van der Waals surface area (Å²) in [4.78, 5) is 37.4. The van der Waals surface area contributed by atoms with Crippen molar-refractivity contribution in [2.24, 2.45) is 5.92 Å². The van der Waals surface area contributed by atoms with Gasteiger partial charge in [-0.25, -0.2) is 4.79 Å². The Morgan fingerprint density at radius 1 is 0.973 bits per heavy atom. The SMILES string of the molecule is CC(C)C(NC(=O)CNC(=O)[C@H](Cc1cccc(C(F)(F)F)c1)NC(=O)OCc1ccccc1)B(O)O. The minimum atomic E-state index is -4.60. The van der Waals surface area contributed by atoms with Crippen molar-refractivity contribution in [1.82, 2.24) is 16.0 Å². The van der Waals surface area contributed by atoms with Crippen LogP contribution in [0.1, 0.15) is 30.5 Å². The van der Waals surface area contributed by atoms with Gasteiger partial charge in [0, 0.05) is 6.42 Å². The third-order valence-electron chi connectivity index (χ3n) is 5.31. The molecule has 9 nitrogen and oxygen atoms in total. The van der Waals surface area contributed by atoms with Gasteiger partial charge in [-0.3, -0.25) is 9.59 Å². The summed E-state index contributed by atoms with van der Waals surface area (Å²) in [6.45, 7) is 2.62. The summed E-state index contributed by atoms with van der Waals surface area (Å²) < 4.78 is 44.5. The van der Waals surface area contributed by atoms with Crippen LogP contribution < -0.4 is 16.0 Å². The highest BCUT2D eigenvalue weighted by molar-refractivity contribution is 6.43. The van der Waals surface area contributed by atoms with Crippen LogP contribution in [-0.2, 0) is 33.5 Å². The number of hydrogen-bond acceptors (Lipinski definition) is 6. The zero-order valence-corrected chi connectivity index (χ0v) is 20.3. The van der Waals surface area contributed by atoms with Crippen molar-refractivity contribution in [3.05, 3.63) is 71.3 Å². The van der Waals surface area contributed by atoms with Crippen LogP contribution in [-0.4, -0.2) is 53.6 Å². The van der Waals surface area contributed by atoms with Crippen molar-refractivity contribution in [1.29, 1.82) is 0 Å². The number of rotatable bonds is 11. The van der Waals surface area contributed by atoms with E-state index >= 15 is 0 Å². The van der Waals surface area contributed by atoms with E-state index in [0.29, 0.717) is 5.56 Å². The van der Waals surface area contributed by atoms with Gasteiger partial charge >= 0.3 is 19.4 Å². The molecule has 1 unspecified atom stereocenters. The molecular formula is C24H29BF3N3O6. The lowest BCUT2D eigenvalue weighted by molar-refractivity contribution is -0.137. The highest BCUT2D eigenvalue weighted by Crippen LogP contribution is 2.29. The lowest BCUT2D eigenvalue weighted by atomic mass is 9.73. The van der Waals surface area contributed by atoms with Crippen LogP contribution in [0.25, 0.3) is 0 Å². The smallest absolute Gasteiger partial charge is 0.445 e. The molecule has 0 aliphatic carbocycles. The van der Waals surface area contributed by atoms with Gasteiger partial charge in [0.05, 0.1) is 18.0 Å². The zero-order valence-electron chi connectivity index (χ0n) is 20.3. The Kier molecular flexibility index (Phi) is 10.9. The molecule has 2 rings (SSSR count). The van der Waals surface area contributed by atoms with Crippen LogP contribution in [0.15, 0.2) is 54.6 Å². The van der Waals surface area contributed by atoms with Crippen LogP contribution in [0, 0.1) is 5.92 Å². The number of ether oxygens (including phenoxy) is 1. The van der Waals surface area contributed by atoms with E-state index in [1.807, 2.05) is 0 Å². The molecule has 0 fully saturated rings. The number of hydrogen-bond donors (Lipinski definition) is 5. The summed E-state index contributed by atoms with van der Waals surface area (Å²) >= 11 is 0. The number of carbonyl (C=O) groups is 3. The predicted octanol–water partition coefficient (Wildman–Crippen LogP) is 1.81. The maximum absolute atomic E-state index is 13.1. The lowest BCUT2D eigenvalue weighted by Crippen LogP contribution is -2.54. The van der Waals surface area contributed by atoms with Gasteiger partial charge in [0.1, 0.15) is 12.6 Å². The van der Waals surface area contributed by atoms with Crippen molar-refractivity contribution >= 4 is 25.0 Å². The van der Waals surface area contributed by atoms with Crippen molar-refractivity contribution < 1.29 is 42.3 Å². The number of carbonyl (C=O) groups excluding carboxylic acids is 3. The molecule has 0 aromatic heterocycles. The number of nitrogens with one attached hydrogen (secondary N) is 3. The highest BCUT2D eigenvalue weighted by atomic mass is 19.4. The molecule has 2 atom stereocenters. The van der Waals surface area contributed by atoms with Gasteiger partial charge < -0.3 is 30.7 Å². The average molecular weight is 523 g/mol. The van der Waals surface area contributed by atoms with Gasteiger partial charge in [-0.1, -0.05) is 62.4 Å². The maximum atomic E-state index is 13.1. The summed E-state index contributed by atoms with van der Waals surface area (Å²) in [5.41, 5.74) is -0.123. The predicted molar refractivity (Wildman–Crippen MR) is 129 cm³/mol. The molecule has 0 aliphatic heterocycles. The second-order valence-electron chi connectivity index (χ2n) is 8.63. The van der Waals surface area contributed by atoms with Crippen LogP contribution in [0.5, 0.6) is 0 Å². The first-order valence-electron chi connectivity index (χ1n) is 11.4. The second-order valence-corrected chi connectivity index (χ2v) is 8.63. The Hall–Kier alpha value is -3.58. The van der Waals surface area contributed by atoms with E-state index < -0.39 is 55.3 Å². The first-order chi connectivity index (χ1) is 17.4. The Labute approximate surface area is 212 Å². The largest absolute Gasteiger partial charge is 0.475 e. The fraction of sp³-hybridized carbons (Fsp3) is 0.375. The van der Waals surface area contributed by atoms with Gasteiger partial charge in [-0.2, -0.15) is 13.2 Å². The van der Waals surface area contributed by atoms with Crippen molar-refractivity contribution in [2.75, 3.05) is 6.54 Å². The molecule has 0 saturated heterocycles. The van der Waals surface area contributed by atoms with Gasteiger partial charge in [0.15, 0.2) is 0 Å². The quantitative estimate of drug-likeness (QED) is 0.285. The molecule has 13 heteroatoms. The highest BCUT2D eigenvalue weighted by Gasteiger charge is 2.31. The van der Waals surface area contributed by atoms with Crippen LogP contribution >= 0.6 is 0 Å². The van der Waals surface area contributed by atoms with Crippen molar-refractivity contribution in [3.63, 3.8) is 0 Å². The molecule has 3 amide bonds. The Morgan fingerprint density at radius 2 is 1.62 bits per heavy atom. The van der Waals surface area contributed by atoms with Gasteiger partial charge in [-0.15, -0.1) is 0 Å². The molecule has 37 heavy (non-hydrogen) atoms. The number of alkyl carbamates (subject to hydrolysis) is 1. The van der Waals surface area contributed by atoms with Crippen LogP contribution in [0.3, 0.4) is 0 Å². The van der Waals surface area contributed by atoms with E-state index in [1.165, 1.54) is 12.1 Å². The molecule has 0 heterocycles. The van der Waals surface area contributed by atoms with E-state index in [4.69, 9.17) is 4.74 Å². The summed E-state index contributed by atoms with van der Waals surface area (Å²) in [6, 6.07) is 11.6. The minimum Gasteiger partial charge on any atom is -0.445 e. The van der Waals surface area contributed by atoms with E-state index in [2.05, 4.69) is 16.0 Å². The number of halogens is 3. The minimum absolute atomic E-state index is 0.104. The molecule has 5 N–H and O–H groups in total. The third kappa shape index (κ3) is 10.1. The first kappa shape index (κ1) is 29.7. The molecule has 0 spiro atoms. The fourth-order valence-electron chi connectivity index (χ4n) is 3.34. The van der Waals surface area contributed by atoms with Gasteiger partial charge in [0.25, 0.3) is 0 Å². The number of benzene rings is 2. The summed E-state index contributed by atoms with van der Waals surface area (Å²) in [7, 11) is -1.82. The Balaban J connectivity index is 2.09. The molecule has 0 bridgehead atoms. The van der Waals surface area contributed by atoms with Gasteiger partial charge in [-0.05, 0) is 23.1 Å². The van der Waals surface area contributed by atoms with Crippen molar-refractivity contribution in [2.45, 2.75) is 45.0 Å². The van der Waals surface area contributed by atoms with Crippen LogP contribution in [0.2, 0.25) is 0 Å². The van der Waals surface area contributed by atoms with E-state index in [1.54, 1.807) is 44.2 Å². The molecule has 0 radical (unpaired) electrons. The molecule has 2 aromatic rings. The maximum Gasteiger partial charge on any atom is 0.475 e. The normalized spacial score (nSPS) is 12.9. The summed E-state index contributed by atoms with van der Waals surface area (Å²) in [6.07, 6.45) is -5.90. The monoisotopic (exact) mass is 523 g/mol. The van der Waals surface area contributed by atoms with Crippen LogP contribution in [0.4, 0.5) is 18.0 Å². The summed E-state index contributed by atoms with van der Waals surface area (Å²) in [5.74, 6) is -2.90. The van der Waals surface area contributed by atoms with E-state index in [-0.39, 0.29) is 24.5 Å². The molecule has 2 aromatic carbocycles.